The minimum Gasteiger partial charge on any atom is -0.392 e. The molecule has 8 heteroatoms. The number of aromatic nitrogens is 5. The number of pyridine rings is 1. The van der Waals surface area contributed by atoms with Crippen LogP contribution in [0.4, 0.5) is 0 Å². The van der Waals surface area contributed by atoms with Gasteiger partial charge in [-0.25, -0.2) is 0 Å². The molecule has 128 valence electrons. The van der Waals surface area contributed by atoms with Crippen molar-refractivity contribution in [3.8, 4) is 11.4 Å². The molecule has 2 N–H and O–H groups in total. The van der Waals surface area contributed by atoms with Crippen molar-refractivity contribution in [2.24, 2.45) is 0 Å². The third-order valence-corrected chi connectivity index (χ3v) is 4.10. The number of carbonyl (C=O) groups is 1. The summed E-state index contributed by atoms with van der Waals surface area (Å²) >= 11 is 0. The van der Waals surface area contributed by atoms with E-state index in [-0.39, 0.29) is 18.6 Å². The number of H-pyrrole nitrogens is 1. The number of benzene rings is 1. The Balaban J connectivity index is 1.80. The third-order valence-electron chi connectivity index (χ3n) is 4.10. The van der Waals surface area contributed by atoms with Crippen LogP contribution in [-0.4, -0.2) is 48.6 Å². The summed E-state index contributed by atoms with van der Waals surface area (Å²) in [6, 6.07) is 10.8. The van der Waals surface area contributed by atoms with E-state index in [1.165, 1.54) is 6.20 Å². The topological polar surface area (TPSA) is 108 Å². The molecule has 2 heterocycles. The number of nitrogens with zero attached hydrogens (tertiary/aromatic N) is 5. The second-order valence-corrected chi connectivity index (χ2v) is 5.66. The first kappa shape index (κ1) is 16.7. The van der Waals surface area contributed by atoms with Crippen molar-refractivity contribution in [3.63, 3.8) is 0 Å². The normalized spacial score (nSPS) is 12.0. The number of carbonyl (C=O) groups excluding carboxylic acids is 1. The number of aliphatic hydroxyl groups is 1. The smallest absolute Gasteiger partial charge is 0.272 e. The highest BCUT2D eigenvalue weighted by molar-refractivity contribution is 5.92. The van der Waals surface area contributed by atoms with Gasteiger partial charge in [-0.3, -0.25) is 9.78 Å². The van der Waals surface area contributed by atoms with Crippen LogP contribution < -0.4 is 0 Å². The summed E-state index contributed by atoms with van der Waals surface area (Å²) in [7, 11) is 1.73. The molecule has 0 saturated carbocycles. The molecule has 25 heavy (non-hydrogen) atoms. The predicted octanol–water partition coefficient (Wildman–Crippen LogP) is 1.59. The monoisotopic (exact) mass is 338 g/mol. The fourth-order valence-electron chi connectivity index (χ4n) is 2.45. The lowest BCUT2D eigenvalue weighted by Crippen LogP contribution is -2.30. The molecule has 0 aliphatic heterocycles. The number of nitrogens with one attached hydrogen (secondary N) is 1. The molecule has 1 unspecified atom stereocenters. The van der Waals surface area contributed by atoms with E-state index in [9.17, 15) is 4.79 Å². The highest BCUT2D eigenvalue weighted by atomic mass is 16.3. The van der Waals surface area contributed by atoms with Gasteiger partial charge in [0.15, 0.2) is 0 Å². The zero-order valence-electron chi connectivity index (χ0n) is 13.9. The maximum Gasteiger partial charge on any atom is 0.272 e. The molecular weight excluding hydrogens is 320 g/mol. The van der Waals surface area contributed by atoms with Gasteiger partial charge in [-0.05, 0) is 35.4 Å². The number of tetrazole rings is 1. The van der Waals surface area contributed by atoms with E-state index < -0.39 is 0 Å². The first-order valence-electron chi connectivity index (χ1n) is 7.77. The largest absolute Gasteiger partial charge is 0.392 e. The Morgan fingerprint density at radius 3 is 2.80 bits per heavy atom. The molecule has 1 aromatic carbocycles. The van der Waals surface area contributed by atoms with E-state index in [1.807, 2.05) is 31.2 Å². The van der Waals surface area contributed by atoms with Crippen LogP contribution in [0.1, 0.15) is 34.6 Å². The number of aromatic amines is 1. The first-order chi connectivity index (χ1) is 12.1. The minimum absolute atomic E-state index is 0.101. The van der Waals surface area contributed by atoms with Crippen molar-refractivity contribution in [2.75, 3.05) is 7.05 Å². The molecule has 2 aromatic heterocycles. The number of hydrogen-bond acceptors (Lipinski definition) is 6. The van der Waals surface area contributed by atoms with E-state index in [0.717, 1.165) is 11.1 Å². The summed E-state index contributed by atoms with van der Waals surface area (Å²) in [6.07, 6.45) is 1.50. The molecule has 1 amide bonds. The third kappa shape index (κ3) is 3.53. The molecule has 0 spiro atoms. The van der Waals surface area contributed by atoms with Gasteiger partial charge in [-0.1, -0.05) is 24.3 Å². The highest BCUT2D eigenvalue weighted by Crippen LogP contribution is 2.24. The maximum atomic E-state index is 12.6. The summed E-state index contributed by atoms with van der Waals surface area (Å²) in [5.41, 5.74) is 2.77. The lowest BCUT2D eigenvalue weighted by Gasteiger charge is -2.25. The lowest BCUT2D eigenvalue weighted by molar-refractivity contribution is 0.0736. The lowest BCUT2D eigenvalue weighted by atomic mass is 10.0. The molecule has 0 fully saturated rings. The molecule has 3 rings (SSSR count). The number of aliphatic hydroxyl groups excluding tert-OH is 1. The molecule has 0 radical (unpaired) electrons. The molecular formula is C17H18N6O2. The van der Waals surface area contributed by atoms with Crippen LogP contribution in [-0.2, 0) is 6.61 Å². The van der Waals surface area contributed by atoms with Gasteiger partial charge in [-0.2, -0.15) is 5.21 Å². The van der Waals surface area contributed by atoms with Gasteiger partial charge in [0.1, 0.15) is 5.69 Å². The van der Waals surface area contributed by atoms with Crippen molar-refractivity contribution >= 4 is 5.91 Å². The quantitative estimate of drug-likeness (QED) is 0.731. The SMILES string of the molecule is CC(c1cccc(-c2nn[nH]n2)c1)N(C)C(=O)c1ccc(CO)cn1. The van der Waals surface area contributed by atoms with Crippen LogP contribution >= 0.6 is 0 Å². The van der Waals surface area contributed by atoms with Crippen LogP contribution in [0.3, 0.4) is 0 Å². The number of hydrogen-bond donors (Lipinski definition) is 2. The van der Waals surface area contributed by atoms with Gasteiger partial charge in [0.2, 0.25) is 5.82 Å². The second kappa shape index (κ2) is 7.18. The van der Waals surface area contributed by atoms with Crippen molar-refractivity contribution in [3.05, 3.63) is 59.4 Å². The predicted molar refractivity (Wildman–Crippen MR) is 90.3 cm³/mol. The fraction of sp³-hybridized carbons (Fsp3) is 0.235. The highest BCUT2D eigenvalue weighted by Gasteiger charge is 2.20. The van der Waals surface area contributed by atoms with Gasteiger partial charge >= 0.3 is 0 Å². The van der Waals surface area contributed by atoms with E-state index >= 15 is 0 Å². The molecule has 0 bridgehead atoms. The first-order valence-corrected chi connectivity index (χ1v) is 7.77. The summed E-state index contributed by atoms with van der Waals surface area (Å²) in [6.45, 7) is 1.84. The zero-order valence-corrected chi connectivity index (χ0v) is 13.9. The summed E-state index contributed by atoms with van der Waals surface area (Å²) in [5.74, 6) is 0.311. The average molecular weight is 338 g/mol. The van der Waals surface area contributed by atoms with E-state index in [1.54, 1.807) is 24.1 Å². The van der Waals surface area contributed by atoms with Gasteiger partial charge < -0.3 is 10.0 Å². The van der Waals surface area contributed by atoms with E-state index in [4.69, 9.17) is 5.11 Å². The average Bonchev–Trinajstić information content (AvgIpc) is 3.21. The van der Waals surface area contributed by atoms with Crippen LogP contribution in [0.5, 0.6) is 0 Å². The molecule has 8 nitrogen and oxygen atoms in total. The maximum absolute atomic E-state index is 12.6. The summed E-state index contributed by atoms with van der Waals surface area (Å²) in [4.78, 5) is 18.4. The number of rotatable bonds is 5. The van der Waals surface area contributed by atoms with E-state index in [0.29, 0.717) is 17.1 Å². The van der Waals surface area contributed by atoms with Gasteiger partial charge in [0.05, 0.1) is 12.6 Å². The molecule has 0 aliphatic carbocycles. The Morgan fingerprint density at radius 2 is 2.16 bits per heavy atom. The van der Waals surface area contributed by atoms with Crippen molar-refractivity contribution in [1.82, 2.24) is 30.5 Å². The van der Waals surface area contributed by atoms with Crippen molar-refractivity contribution < 1.29 is 9.90 Å². The van der Waals surface area contributed by atoms with Gasteiger partial charge in [0.25, 0.3) is 5.91 Å². The Bertz CT molecular complexity index is 848. The van der Waals surface area contributed by atoms with Crippen LogP contribution in [0.15, 0.2) is 42.6 Å². The summed E-state index contributed by atoms with van der Waals surface area (Å²) in [5, 5.41) is 23.0. The van der Waals surface area contributed by atoms with Gasteiger partial charge in [-0.15, -0.1) is 10.2 Å². The standard InChI is InChI=1S/C17H18N6O2/c1-11(13-4-3-5-14(8-13)16-19-21-22-20-16)23(2)17(25)15-7-6-12(10-24)9-18-15/h3-9,11,24H,10H2,1-2H3,(H,19,20,21,22). The molecule has 1 atom stereocenters. The minimum atomic E-state index is -0.193. The molecule has 0 aliphatic rings. The molecule has 0 saturated heterocycles. The Morgan fingerprint density at radius 1 is 1.32 bits per heavy atom. The number of amides is 1. The molecule has 3 aromatic rings. The van der Waals surface area contributed by atoms with Crippen molar-refractivity contribution in [1.29, 1.82) is 0 Å². The van der Waals surface area contributed by atoms with Crippen LogP contribution in [0.25, 0.3) is 11.4 Å². The Labute approximate surface area is 144 Å². The van der Waals surface area contributed by atoms with Crippen molar-refractivity contribution in [2.45, 2.75) is 19.6 Å². The Hall–Kier alpha value is -3.13. The zero-order chi connectivity index (χ0) is 17.8. The Kier molecular flexibility index (Phi) is 4.80. The van der Waals surface area contributed by atoms with Crippen LogP contribution in [0.2, 0.25) is 0 Å². The van der Waals surface area contributed by atoms with Crippen LogP contribution in [0, 0.1) is 0 Å². The van der Waals surface area contributed by atoms with E-state index in [2.05, 4.69) is 25.6 Å². The van der Waals surface area contributed by atoms with Gasteiger partial charge in [0, 0.05) is 18.8 Å². The fourth-order valence-corrected chi connectivity index (χ4v) is 2.45. The summed E-state index contributed by atoms with van der Waals surface area (Å²) < 4.78 is 0. The second-order valence-electron chi connectivity index (χ2n) is 5.66.